The molecule has 4 aromatic rings. The van der Waals surface area contributed by atoms with E-state index in [2.05, 4.69) is 33.5 Å². The van der Waals surface area contributed by atoms with E-state index in [1.165, 1.54) is 5.39 Å². The van der Waals surface area contributed by atoms with Gasteiger partial charge in [0.2, 0.25) is 0 Å². The van der Waals surface area contributed by atoms with Crippen LogP contribution in [-0.4, -0.2) is 47.7 Å². The van der Waals surface area contributed by atoms with E-state index in [9.17, 15) is 4.79 Å². The van der Waals surface area contributed by atoms with Crippen LogP contribution in [0.25, 0.3) is 21.8 Å². The maximum atomic E-state index is 12.4. The first-order valence-electron chi connectivity index (χ1n) is 10.9. The lowest BCUT2D eigenvalue weighted by Gasteiger charge is -2.14. The number of rotatable bonds is 8. The average Bonchev–Trinajstić information content (AvgIpc) is 3.40. The summed E-state index contributed by atoms with van der Waals surface area (Å²) in [5.41, 5.74) is 4.13. The number of H-pyrrole nitrogens is 1. The van der Waals surface area contributed by atoms with Crippen molar-refractivity contribution in [3.05, 3.63) is 72.1 Å². The number of ether oxygens (including phenoxy) is 2. The molecule has 0 unspecified atom stereocenters. The third kappa shape index (κ3) is 4.11. The van der Waals surface area contributed by atoms with Gasteiger partial charge in [0.15, 0.2) is 0 Å². The number of amides is 1. The third-order valence-electron chi connectivity index (χ3n) is 5.90. The molecule has 2 N–H and O–H groups in total. The van der Waals surface area contributed by atoms with Crippen LogP contribution in [0, 0.1) is 0 Å². The van der Waals surface area contributed by atoms with Crippen molar-refractivity contribution >= 4 is 27.9 Å². The fraction of sp³-hybridized carbons (Fsp3) is 0.280. The normalized spacial score (nSPS) is 16.1. The molecule has 3 heterocycles. The van der Waals surface area contributed by atoms with E-state index >= 15 is 0 Å². The first kappa shape index (κ1) is 20.3. The summed E-state index contributed by atoms with van der Waals surface area (Å²) in [6.07, 6.45) is 2.04. The molecular weight excluding hydrogens is 404 g/mol. The van der Waals surface area contributed by atoms with E-state index in [-0.39, 0.29) is 12.2 Å². The van der Waals surface area contributed by atoms with Gasteiger partial charge in [-0.25, -0.2) is 4.79 Å². The highest BCUT2D eigenvalue weighted by molar-refractivity contribution is 5.84. The summed E-state index contributed by atoms with van der Waals surface area (Å²) in [4.78, 5) is 22.1. The lowest BCUT2D eigenvalue weighted by atomic mass is 10.0. The predicted molar refractivity (Wildman–Crippen MR) is 124 cm³/mol. The van der Waals surface area contributed by atoms with Crippen molar-refractivity contribution in [3.63, 3.8) is 0 Å². The molecule has 1 saturated heterocycles. The van der Waals surface area contributed by atoms with E-state index in [1.54, 1.807) is 18.2 Å². The number of para-hydroxylation sites is 1. The van der Waals surface area contributed by atoms with Crippen molar-refractivity contribution in [2.24, 2.45) is 0 Å². The zero-order valence-corrected chi connectivity index (χ0v) is 18.0. The van der Waals surface area contributed by atoms with Crippen molar-refractivity contribution < 1.29 is 14.3 Å². The largest absolute Gasteiger partial charge is 0.497 e. The lowest BCUT2D eigenvalue weighted by molar-refractivity contribution is 0.133. The Labute approximate surface area is 186 Å². The van der Waals surface area contributed by atoms with E-state index in [0.717, 1.165) is 52.9 Å². The summed E-state index contributed by atoms with van der Waals surface area (Å²) in [7, 11) is 1.64. The number of aromatic amines is 1. The Morgan fingerprint density at radius 2 is 2.12 bits per heavy atom. The SMILES string of the molecule is COc1ccc2nccc([C@@H]3CN(CCCNCc4cc5ccccc5[nH]4)C(=O)O3)c2c1. The van der Waals surface area contributed by atoms with Gasteiger partial charge in [-0.05, 0) is 54.8 Å². The Kier molecular flexibility index (Phi) is 5.64. The molecule has 0 saturated carbocycles. The second-order valence-electron chi connectivity index (χ2n) is 8.01. The first-order valence-corrected chi connectivity index (χ1v) is 10.9. The number of hydrogen-bond acceptors (Lipinski definition) is 5. The summed E-state index contributed by atoms with van der Waals surface area (Å²) in [5, 5.41) is 5.62. The van der Waals surface area contributed by atoms with Crippen LogP contribution in [0.5, 0.6) is 5.75 Å². The van der Waals surface area contributed by atoms with Crippen LogP contribution < -0.4 is 10.1 Å². The molecule has 1 aliphatic rings. The Balaban J connectivity index is 1.15. The molecule has 1 atom stereocenters. The van der Waals surface area contributed by atoms with Gasteiger partial charge in [-0.3, -0.25) is 4.98 Å². The van der Waals surface area contributed by atoms with Crippen LogP contribution in [0.1, 0.15) is 23.8 Å². The molecule has 164 valence electrons. The van der Waals surface area contributed by atoms with Crippen LogP contribution in [0.4, 0.5) is 4.79 Å². The quantitative estimate of drug-likeness (QED) is 0.405. The van der Waals surface area contributed by atoms with Crippen molar-refractivity contribution in [1.82, 2.24) is 20.2 Å². The van der Waals surface area contributed by atoms with Crippen LogP contribution in [0.3, 0.4) is 0 Å². The van der Waals surface area contributed by atoms with E-state index in [4.69, 9.17) is 9.47 Å². The standard InChI is InChI=1S/C25H26N4O3/c1-31-19-7-8-23-21(14-19)20(9-11-27-23)24-16-29(25(30)32-24)12-4-10-26-15-18-13-17-5-2-3-6-22(17)28-18/h2-3,5-9,11,13-14,24,26,28H,4,10,12,15-16H2,1H3/t24-/m0/s1. The molecule has 32 heavy (non-hydrogen) atoms. The van der Waals surface area contributed by atoms with Gasteiger partial charge in [-0.1, -0.05) is 18.2 Å². The van der Waals surface area contributed by atoms with Gasteiger partial charge in [0.25, 0.3) is 0 Å². The van der Waals surface area contributed by atoms with Gasteiger partial charge in [-0.2, -0.15) is 0 Å². The fourth-order valence-corrected chi connectivity index (χ4v) is 4.25. The molecule has 2 aromatic heterocycles. The van der Waals surface area contributed by atoms with Gasteiger partial charge in [0.05, 0.1) is 19.2 Å². The zero-order valence-electron chi connectivity index (χ0n) is 18.0. The number of nitrogens with zero attached hydrogens (tertiary/aromatic N) is 2. The van der Waals surface area contributed by atoms with Crippen molar-refractivity contribution in [2.75, 3.05) is 26.7 Å². The summed E-state index contributed by atoms with van der Waals surface area (Å²) in [6, 6.07) is 18.1. The van der Waals surface area contributed by atoms with Crippen molar-refractivity contribution in [1.29, 1.82) is 0 Å². The van der Waals surface area contributed by atoms with Gasteiger partial charge < -0.3 is 24.7 Å². The number of hydrogen-bond donors (Lipinski definition) is 2. The van der Waals surface area contributed by atoms with Crippen molar-refractivity contribution in [2.45, 2.75) is 19.1 Å². The molecule has 1 fully saturated rings. The van der Waals surface area contributed by atoms with Gasteiger partial charge in [-0.15, -0.1) is 0 Å². The minimum atomic E-state index is -0.306. The number of methoxy groups -OCH3 is 1. The minimum Gasteiger partial charge on any atom is -0.497 e. The molecule has 0 spiro atoms. The Morgan fingerprint density at radius 1 is 1.22 bits per heavy atom. The van der Waals surface area contributed by atoms with E-state index in [0.29, 0.717) is 13.1 Å². The number of cyclic esters (lactones) is 1. The lowest BCUT2D eigenvalue weighted by Crippen LogP contribution is -2.28. The molecule has 2 aromatic carbocycles. The number of pyridine rings is 1. The Morgan fingerprint density at radius 3 is 3.00 bits per heavy atom. The molecule has 7 nitrogen and oxygen atoms in total. The summed E-state index contributed by atoms with van der Waals surface area (Å²) in [6.45, 7) is 2.78. The van der Waals surface area contributed by atoms with Gasteiger partial charge >= 0.3 is 6.09 Å². The van der Waals surface area contributed by atoms with E-state index in [1.807, 2.05) is 36.4 Å². The zero-order chi connectivity index (χ0) is 21.9. The predicted octanol–water partition coefficient (Wildman–Crippen LogP) is 4.40. The Hall–Kier alpha value is -3.58. The number of aromatic nitrogens is 2. The van der Waals surface area contributed by atoms with Gasteiger partial charge in [0, 0.05) is 41.4 Å². The summed E-state index contributed by atoms with van der Waals surface area (Å²) in [5.74, 6) is 0.758. The highest BCUT2D eigenvalue weighted by atomic mass is 16.6. The molecule has 5 rings (SSSR count). The smallest absolute Gasteiger partial charge is 0.410 e. The van der Waals surface area contributed by atoms with Crippen molar-refractivity contribution in [3.8, 4) is 5.75 Å². The summed E-state index contributed by atoms with van der Waals surface area (Å²) < 4.78 is 11.0. The van der Waals surface area contributed by atoms with Gasteiger partial charge in [0.1, 0.15) is 11.9 Å². The summed E-state index contributed by atoms with van der Waals surface area (Å²) >= 11 is 0. The number of benzene rings is 2. The number of fused-ring (bicyclic) bond motifs is 2. The number of carbonyl (C=O) groups is 1. The molecular formula is C25H26N4O3. The monoisotopic (exact) mass is 430 g/mol. The molecule has 0 radical (unpaired) electrons. The maximum Gasteiger partial charge on any atom is 0.410 e. The minimum absolute atomic E-state index is 0.265. The number of carbonyl (C=O) groups excluding carboxylic acids is 1. The maximum absolute atomic E-state index is 12.4. The van der Waals surface area contributed by atoms with E-state index < -0.39 is 0 Å². The second-order valence-corrected chi connectivity index (χ2v) is 8.01. The van der Waals surface area contributed by atoms with Crippen LogP contribution in [0.15, 0.2) is 60.8 Å². The van der Waals surface area contributed by atoms with Crippen LogP contribution in [-0.2, 0) is 11.3 Å². The van der Waals surface area contributed by atoms with Crippen LogP contribution in [0.2, 0.25) is 0 Å². The highest BCUT2D eigenvalue weighted by Gasteiger charge is 2.32. The fourth-order valence-electron chi connectivity index (χ4n) is 4.25. The molecule has 0 bridgehead atoms. The highest BCUT2D eigenvalue weighted by Crippen LogP contribution is 2.32. The topological polar surface area (TPSA) is 79.5 Å². The first-order chi connectivity index (χ1) is 15.7. The molecule has 7 heteroatoms. The second kappa shape index (κ2) is 8.88. The molecule has 1 amide bonds. The number of nitrogens with one attached hydrogen (secondary N) is 2. The molecule has 1 aliphatic heterocycles. The Bertz CT molecular complexity index is 1220. The molecule has 0 aliphatic carbocycles. The third-order valence-corrected chi connectivity index (χ3v) is 5.90. The average molecular weight is 431 g/mol. The van der Waals surface area contributed by atoms with Crippen LogP contribution >= 0.6 is 0 Å².